The van der Waals surface area contributed by atoms with E-state index >= 15 is 0 Å². The van der Waals surface area contributed by atoms with Crippen molar-refractivity contribution in [1.29, 1.82) is 0 Å². The molecule has 0 saturated heterocycles. The average molecular weight is 435 g/mol. The number of hydrogen-bond acceptors (Lipinski definition) is 0. The second-order valence-corrected chi connectivity index (χ2v) is 9.02. The van der Waals surface area contributed by atoms with Crippen LogP contribution in [0.15, 0.2) is 42.6 Å². The van der Waals surface area contributed by atoms with Gasteiger partial charge in [0.1, 0.15) is 0 Å². The van der Waals surface area contributed by atoms with Crippen LogP contribution < -0.4 is 4.57 Å². The summed E-state index contributed by atoms with van der Waals surface area (Å²) in [5.74, 6) is 4.30. The number of fused-ring (bicyclic) bond motifs is 4. The van der Waals surface area contributed by atoms with Gasteiger partial charge in [0.25, 0.3) is 0 Å². The molecule has 0 N–H and O–H groups in total. The second-order valence-electron chi connectivity index (χ2n) is 9.02. The molecule has 2 saturated carbocycles. The van der Waals surface area contributed by atoms with Crippen molar-refractivity contribution in [2.24, 2.45) is 17.8 Å². The van der Waals surface area contributed by atoms with Crippen molar-refractivity contribution in [1.82, 2.24) is 0 Å². The molecule has 7 rings (SSSR count). The minimum Gasteiger partial charge on any atom is -0.192 e. The van der Waals surface area contributed by atoms with Crippen molar-refractivity contribution in [2.45, 2.75) is 111 Å². The van der Waals surface area contributed by atoms with E-state index in [9.17, 15) is 0 Å². The van der Waals surface area contributed by atoms with Gasteiger partial charge in [0, 0.05) is 29.5 Å². The molecule has 1 heteroatoms. The molecule has 5 aliphatic rings. The molecule has 176 valence electrons. The van der Waals surface area contributed by atoms with E-state index in [-0.39, 0.29) is 0 Å². The van der Waals surface area contributed by atoms with E-state index in [1.807, 2.05) is 55.4 Å². The molecule has 4 aliphatic carbocycles. The van der Waals surface area contributed by atoms with Crippen molar-refractivity contribution in [3.8, 4) is 0 Å². The average Bonchev–Trinajstić information content (AvgIpc) is 3.65. The molecule has 1 aromatic heterocycles. The normalized spacial score (nSPS) is 32.7. The maximum Gasteiger partial charge on any atom is 0.201 e. The quantitative estimate of drug-likeness (QED) is 0.366. The minimum atomic E-state index is 0.313. The second kappa shape index (κ2) is 10.5. The first-order valence-electron chi connectivity index (χ1n) is 14.0. The van der Waals surface area contributed by atoms with Gasteiger partial charge >= 0.3 is 0 Å². The van der Waals surface area contributed by atoms with E-state index in [0.717, 1.165) is 29.6 Å². The lowest BCUT2D eigenvalue weighted by atomic mass is 9.62. The van der Waals surface area contributed by atoms with E-state index in [1.165, 1.54) is 38.5 Å². The van der Waals surface area contributed by atoms with E-state index < -0.39 is 0 Å². The van der Waals surface area contributed by atoms with Crippen LogP contribution in [0.3, 0.4) is 0 Å². The van der Waals surface area contributed by atoms with E-state index in [4.69, 9.17) is 0 Å². The highest BCUT2D eigenvalue weighted by Crippen LogP contribution is 2.69. The Kier molecular flexibility index (Phi) is 8.23. The number of hydrogen-bond donors (Lipinski definition) is 0. The molecule has 32 heavy (non-hydrogen) atoms. The van der Waals surface area contributed by atoms with Gasteiger partial charge in [-0.1, -0.05) is 86.1 Å². The molecule has 2 fully saturated rings. The fourth-order valence-corrected chi connectivity index (χ4v) is 8.19. The molecule has 6 atom stereocenters. The molecule has 1 aliphatic heterocycles. The van der Waals surface area contributed by atoms with E-state index in [1.54, 1.807) is 22.4 Å². The zero-order valence-corrected chi connectivity index (χ0v) is 22.1. The van der Waals surface area contributed by atoms with Gasteiger partial charge in [-0.2, -0.15) is 4.57 Å². The number of aromatic nitrogens is 1. The number of nitrogens with zero attached hydrogens (tertiary/aromatic N) is 1. The SMILES string of the molecule is CC.CC.CC.CC.c1cc2c3c(c1)C1CCCC1C31C3C(CCC3c3cccc[n+]31)C2. The molecule has 0 radical (unpaired) electrons. The monoisotopic (exact) mass is 434 g/mol. The van der Waals surface area contributed by atoms with Crippen molar-refractivity contribution < 1.29 is 4.57 Å². The fourth-order valence-electron chi connectivity index (χ4n) is 8.19. The minimum absolute atomic E-state index is 0.313. The summed E-state index contributed by atoms with van der Waals surface area (Å²) in [5.41, 5.74) is 7.20. The third-order valence-electron chi connectivity index (χ3n) is 8.51. The summed E-state index contributed by atoms with van der Waals surface area (Å²) < 4.78 is 2.80. The van der Waals surface area contributed by atoms with Gasteiger partial charge in [-0.15, -0.1) is 0 Å². The Morgan fingerprint density at radius 2 is 1.50 bits per heavy atom. The highest BCUT2D eigenvalue weighted by atomic mass is 15.1. The van der Waals surface area contributed by atoms with Crippen LogP contribution in [0.2, 0.25) is 0 Å². The lowest BCUT2D eigenvalue weighted by Crippen LogP contribution is -2.63. The Hall–Kier alpha value is -1.63. The van der Waals surface area contributed by atoms with Gasteiger partial charge in [0.15, 0.2) is 11.9 Å². The van der Waals surface area contributed by atoms with Crippen LogP contribution in [0.4, 0.5) is 0 Å². The van der Waals surface area contributed by atoms with Crippen LogP contribution >= 0.6 is 0 Å². The number of benzene rings is 1. The van der Waals surface area contributed by atoms with Gasteiger partial charge in [-0.05, 0) is 55.1 Å². The Labute approximate surface area is 198 Å². The molecule has 6 unspecified atom stereocenters. The van der Waals surface area contributed by atoms with Crippen LogP contribution in [0.5, 0.6) is 0 Å². The zero-order valence-electron chi connectivity index (χ0n) is 22.1. The van der Waals surface area contributed by atoms with Gasteiger partial charge < -0.3 is 0 Å². The largest absolute Gasteiger partial charge is 0.201 e. The predicted molar refractivity (Wildman–Crippen MR) is 138 cm³/mol. The van der Waals surface area contributed by atoms with Crippen molar-refractivity contribution in [3.05, 3.63) is 65.0 Å². The maximum absolute atomic E-state index is 2.80. The molecule has 0 bridgehead atoms. The Bertz CT molecular complexity index is 884. The van der Waals surface area contributed by atoms with E-state index in [2.05, 4.69) is 47.2 Å². The third kappa shape index (κ3) is 3.13. The van der Waals surface area contributed by atoms with Crippen molar-refractivity contribution in [3.63, 3.8) is 0 Å². The summed E-state index contributed by atoms with van der Waals surface area (Å²) in [6.45, 7) is 16.0. The Balaban J connectivity index is 0.000000330. The molecule has 0 amide bonds. The van der Waals surface area contributed by atoms with Gasteiger partial charge in [0.2, 0.25) is 5.54 Å². The maximum atomic E-state index is 2.80. The highest BCUT2D eigenvalue weighted by molar-refractivity contribution is 5.52. The summed E-state index contributed by atoms with van der Waals surface area (Å²) in [6.07, 6.45) is 11.0. The zero-order chi connectivity index (χ0) is 23.5. The van der Waals surface area contributed by atoms with Gasteiger partial charge in [-0.3, -0.25) is 0 Å². The molecule has 1 nitrogen and oxygen atoms in total. The number of rotatable bonds is 0. The Morgan fingerprint density at radius 3 is 2.25 bits per heavy atom. The number of pyridine rings is 1. The molecule has 2 heterocycles. The van der Waals surface area contributed by atoms with Crippen LogP contribution in [-0.4, -0.2) is 0 Å². The first kappa shape index (κ1) is 25.0. The topological polar surface area (TPSA) is 3.88 Å². The lowest BCUT2D eigenvalue weighted by Gasteiger charge is -2.40. The molecule has 2 aromatic rings. The standard InChI is InChI=1S/C23H24N.4C2H6/c1-2-12-24-20(9-1)18-11-10-15-13-14-5-3-7-17-16-6-4-8-19(16)23(24,21(14)17)22(15)18;4*1-2/h1-3,5,7,9,12,15-16,18-19,22H,4,6,8,10-11,13H2;4*1-2H3/q+1;;;;. The van der Waals surface area contributed by atoms with Gasteiger partial charge in [-0.25, -0.2) is 0 Å². The van der Waals surface area contributed by atoms with Crippen molar-refractivity contribution in [2.75, 3.05) is 0 Å². The van der Waals surface area contributed by atoms with E-state index in [0.29, 0.717) is 5.54 Å². The highest BCUT2D eigenvalue weighted by Gasteiger charge is 2.74. The molecular weight excluding hydrogens is 386 g/mol. The lowest BCUT2D eigenvalue weighted by molar-refractivity contribution is -0.761. The van der Waals surface area contributed by atoms with Crippen LogP contribution in [-0.2, 0) is 12.0 Å². The summed E-state index contributed by atoms with van der Waals surface area (Å²) in [4.78, 5) is 0. The molecule has 1 aromatic carbocycles. The van der Waals surface area contributed by atoms with Crippen molar-refractivity contribution >= 4 is 0 Å². The summed E-state index contributed by atoms with van der Waals surface area (Å²) in [6, 6.07) is 14.3. The first-order chi connectivity index (χ1) is 15.9. The molecule has 1 spiro atoms. The van der Waals surface area contributed by atoms with Gasteiger partial charge in [0.05, 0.1) is 5.92 Å². The Morgan fingerprint density at radius 1 is 0.750 bits per heavy atom. The predicted octanol–water partition coefficient (Wildman–Crippen LogP) is 8.40. The first-order valence-corrected chi connectivity index (χ1v) is 14.0. The summed E-state index contributed by atoms with van der Waals surface area (Å²) >= 11 is 0. The summed E-state index contributed by atoms with van der Waals surface area (Å²) in [7, 11) is 0. The van der Waals surface area contributed by atoms with Crippen LogP contribution in [0.1, 0.15) is 122 Å². The smallest absolute Gasteiger partial charge is 0.192 e. The van der Waals surface area contributed by atoms with Crippen LogP contribution in [0.25, 0.3) is 0 Å². The third-order valence-corrected chi connectivity index (χ3v) is 8.51. The summed E-state index contributed by atoms with van der Waals surface area (Å²) in [5, 5.41) is 0. The molecular formula is C31H48N+. The van der Waals surface area contributed by atoms with Crippen LogP contribution in [0, 0.1) is 17.8 Å². The fraction of sp³-hybridized carbons (Fsp3) is 0.645.